The molecule has 0 saturated carbocycles. The van der Waals surface area contributed by atoms with Crippen molar-refractivity contribution in [3.63, 3.8) is 0 Å². The summed E-state index contributed by atoms with van der Waals surface area (Å²) in [6, 6.07) is 17.5. The highest BCUT2D eigenvalue weighted by Gasteiger charge is 2.33. The van der Waals surface area contributed by atoms with E-state index in [1.807, 2.05) is 55.5 Å². The van der Waals surface area contributed by atoms with E-state index >= 15 is 0 Å². The van der Waals surface area contributed by atoms with Crippen LogP contribution in [0.25, 0.3) is 0 Å². The number of anilines is 1. The van der Waals surface area contributed by atoms with Crippen molar-refractivity contribution in [1.82, 2.24) is 10.6 Å². The van der Waals surface area contributed by atoms with Crippen LogP contribution in [0.5, 0.6) is 5.75 Å². The first-order valence-corrected chi connectivity index (χ1v) is 9.64. The van der Waals surface area contributed by atoms with E-state index in [9.17, 15) is 4.79 Å². The van der Waals surface area contributed by atoms with E-state index in [2.05, 4.69) is 40.9 Å². The molecule has 0 fully saturated rings. The number of hydrogen-bond donors (Lipinski definition) is 3. The Balaban J connectivity index is 1.70. The van der Waals surface area contributed by atoms with Crippen LogP contribution >= 0.6 is 0 Å². The third-order valence-electron chi connectivity index (χ3n) is 4.47. The number of para-hydroxylation sites is 2. The molecule has 1 unspecified atom stereocenters. The maximum absolute atomic E-state index is 12.2. The molecule has 2 aromatic carbocycles. The molecule has 0 radical (unpaired) electrons. The Morgan fingerprint density at radius 1 is 1.14 bits per heavy atom. The Bertz CT molecular complexity index is 833. The van der Waals surface area contributed by atoms with Crippen LogP contribution in [-0.2, 0) is 4.79 Å². The summed E-state index contributed by atoms with van der Waals surface area (Å²) in [4.78, 5) is 16.7. The highest BCUT2D eigenvalue weighted by molar-refractivity contribution is 5.94. The number of aliphatic imine (C=N–C) groups is 1. The lowest BCUT2D eigenvalue weighted by atomic mass is 9.90. The number of ether oxygens (including phenoxy) is 1. The summed E-state index contributed by atoms with van der Waals surface area (Å²) in [5, 5.41) is 9.54. The van der Waals surface area contributed by atoms with Crippen molar-refractivity contribution in [3.05, 3.63) is 60.2 Å². The predicted molar refractivity (Wildman–Crippen MR) is 113 cm³/mol. The third-order valence-corrected chi connectivity index (χ3v) is 4.47. The van der Waals surface area contributed by atoms with Crippen molar-refractivity contribution in [2.75, 3.05) is 18.4 Å². The number of carbonyl (C=O) groups excluding carboxylic acids is 1. The third kappa shape index (κ3) is 5.25. The van der Waals surface area contributed by atoms with Crippen LogP contribution < -0.4 is 20.7 Å². The molecule has 3 rings (SSSR count). The molecule has 6 heteroatoms. The molecule has 6 nitrogen and oxygen atoms in total. The van der Waals surface area contributed by atoms with Gasteiger partial charge in [-0.05, 0) is 39.0 Å². The SMILES string of the molecule is CCNC(=NCC(=O)Nc1ccccc1)NC1CC(C)(C)Oc2ccccc21. The summed E-state index contributed by atoms with van der Waals surface area (Å²) in [6.45, 7) is 6.91. The molecule has 1 amide bonds. The fourth-order valence-electron chi connectivity index (χ4n) is 3.29. The molecule has 0 aliphatic carbocycles. The lowest BCUT2D eigenvalue weighted by Gasteiger charge is -2.38. The maximum atomic E-state index is 12.2. The van der Waals surface area contributed by atoms with Gasteiger partial charge in [-0.2, -0.15) is 0 Å². The minimum absolute atomic E-state index is 0.0402. The highest BCUT2D eigenvalue weighted by Crippen LogP contribution is 2.39. The van der Waals surface area contributed by atoms with Gasteiger partial charge in [-0.25, -0.2) is 4.99 Å². The summed E-state index contributed by atoms with van der Waals surface area (Å²) >= 11 is 0. The Hall–Kier alpha value is -3.02. The highest BCUT2D eigenvalue weighted by atomic mass is 16.5. The molecule has 0 spiro atoms. The van der Waals surface area contributed by atoms with Gasteiger partial charge < -0.3 is 20.7 Å². The number of carbonyl (C=O) groups is 1. The fourth-order valence-corrected chi connectivity index (χ4v) is 3.29. The molecule has 0 saturated heterocycles. The Morgan fingerprint density at radius 2 is 1.86 bits per heavy atom. The van der Waals surface area contributed by atoms with Gasteiger partial charge in [0.1, 0.15) is 17.9 Å². The summed E-state index contributed by atoms with van der Waals surface area (Å²) in [5.74, 6) is 1.34. The van der Waals surface area contributed by atoms with Crippen molar-refractivity contribution >= 4 is 17.6 Å². The maximum Gasteiger partial charge on any atom is 0.246 e. The summed E-state index contributed by atoms with van der Waals surface area (Å²) < 4.78 is 6.09. The lowest BCUT2D eigenvalue weighted by molar-refractivity contribution is -0.114. The molecular weight excluding hydrogens is 352 g/mol. The number of rotatable bonds is 5. The molecule has 0 aromatic heterocycles. The quantitative estimate of drug-likeness (QED) is 0.548. The molecule has 1 atom stereocenters. The minimum atomic E-state index is -0.284. The second-order valence-corrected chi connectivity index (χ2v) is 7.41. The van der Waals surface area contributed by atoms with E-state index in [-0.39, 0.29) is 24.1 Å². The van der Waals surface area contributed by atoms with Gasteiger partial charge in [0.05, 0.1) is 6.04 Å². The number of nitrogens with zero attached hydrogens (tertiary/aromatic N) is 1. The van der Waals surface area contributed by atoms with Gasteiger partial charge in [0.2, 0.25) is 5.91 Å². The second kappa shape index (κ2) is 8.78. The van der Waals surface area contributed by atoms with Gasteiger partial charge in [0.25, 0.3) is 0 Å². The van der Waals surface area contributed by atoms with Gasteiger partial charge in [0, 0.05) is 24.2 Å². The standard InChI is InChI=1S/C22H28N4O2/c1-4-23-21(24-15-20(27)25-16-10-6-5-7-11-16)26-18-14-22(2,3)28-19-13-9-8-12-17(18)19/h5-13,18H,4,14-15H2,1-3H3,(H,25,27)(H2,23,24,26). The van der Waals surface area contributed by atoms with E-state index in [0.29, 0.717) is 12.5 Å². The van der Waals surface area contributed by atoms with Crippen molar-refractivity contribution in [1.29, 1.82) is 0 Å². The predicted octanol–water partition coefficient (Wildman–Crippen LogP) is 3.48. The van der Waals surface area contributed by atoms with Crippen molar-refractivity contribution in [2.45, 2.75) is 38.8 Å². The Kier molecular flexibility index (Phi) is 6.19. The molecule has 1 aliphatic rings. The van der Waals surface area contributed by atoms with Gasteiger partial charge in [-0.15, -0.1) is 0 Å². The van der Waals surface area contributed by atoms with Crippen LogP contribution in [0.15, 0.2) is 59.6 Å². The summed E-state index contributed by atoms with van der Waals surface area (Å²) in [5.41, 5.74) is 1.58. The van der Waals surface area contributed by atoms with Crippen LogP contribution in [0, 0.1) is 0 Å². The van der Waals surface area contributed by atoms with Crippen LogP contribution in [-0.4, -0.2) is 30.6 Å². The van der Waals surface area contributed by atoms with Crippen molar-refractivity contribution in [3.8, 4) is 5.75 Å². The number of fused-ring (bicyclic) bond motifs is 1. The number of hydrogen-bond acceptors (Lipinski definition) is 3. The summed E-state index contributed by atoms with van der Waals surface area (Å²) in [6.07, 6.45) is 0.796. The zero-order chi connectivity index (χ0) is 20.0. The van der Waals surface area contributed by atoms with E-state index in [1.165, 1.54) is 0 Å². The van der Waals surface area contributed by atoms with Gasteiger partial charge in [-0.3, -0.25) is 4.79 Å². The zero-order valence-electron chi connectivity index (χ0n) is 16.7. The second-order valence-electron chi connectivity index (χ2n) is 7.41. The average Bonchev–Trinajstić information content (AvgIpc) is 2.66. The Labute approximate surface area is 166 Å². The van der Waals surface area contributed by atoms with Crippen LogP contribution in [0.1, 0.15) is 38.8 Å². The number of amides is 1. The number of nitrogens with one attached hydrogen (secondary N) is 3. The average molecular weight is 380 g/mol. The summed E-state index contributed by atoms with van der Waals surface area (Å²) in [7, 11) is 0. The first-order chi connectivity index (χ1) is 13.5. The lowest BCUT2D eigenvalue weighted by Crippen LogP contribution is -2.45. The van der Waals surface area contributed by atoms with Crippen molar-refractivity contribution in [2.24, 2.45) is 4.99 Å². The largest absolute Gasteiger partial charge is 0.487 e. The first kappa shape index (κ1) is 19.7. The molecule has 1 heterocycles. The Morgan fingerprint density at radius 3 is 2.61 bits per heavy atom. The molecule has 0 bridgehead atoms. The zero-order valence-corrected chi connectivity index (χ0v) is 16.7. The smallest absolute Gasteiger partial charge is 0.246 e. The molecule has 28 heavy (non-hydrogen) atoms. The molecule has 3 N–H and O–H groups in total. The van der Waals surface area contributed by atoms with Gasteiger partial charge >= 0.3 is 0 Å². The van der Waals surface area contributed by atoms with E-state index in [0.717, 1.165) is 23.4 Å². The normalized spacial score (nSPS) is 17.8. The minimum Gasteiger partial charge on any atom is -0.487 e. The molecule has 1 aliphatic heterocycles. The fraction of sp³-hybridized carbons (Fsp3) is 0.364. The van der Waals surface area contributed by atoms with E-state index in [1.54, 1.807) is 0 Å². The van der Waals surface area contributed by atoms with Crippen LogP contribution in [0.4, 0.5) is 5.69 Å². The molecular formula is C22H28N4O2. The first-order valence-electron chi connectivity index (χ1n) is 9.64. The number of benzene rings is 2. The van der Waals surface area contributed by atoms with Gasteiger partial charge in [0.15, 0.2) is 5.96 Å². The van der Waals surface area contributed by atoms with E-state index < -0.39 is 0 Å². The molecule has 148 valence electrons. The van der Waals surface area contributed by atoms with Crippen LogP contribution in [0.2, 0.25) is 0 Å². The molecule has 2 aromatic rings. The monoisotopic (exact) mass is 380 g/mol. The van der Waals surface area contributed by atoms with Gasteiger partial charge in [-0.1, -0.05) is 36.4 Å². The number of guanidine groups is 1. The van der Waals surface area contributed by atoms with Crippen molar-refractivity contribution < 1.29 is 9.53 Å². The topological polar surface area (TPSA) is 74.8 Å². The van der Waals surface area contributed by atoms with Crippen LogP contribution in [0.3, 0.4) is 0 Å². The van der Waals surface area contributed by atoms with E-state index in [4.69, 9.17) is 4.74 Å².